The molecule has 3 aliphatic rings. The number of fused-ring (bicyclic) bond motifs is 6. The molecule has 0 aliphatic heterocycles. The number of ketones is 1. The summed E-state index contributed by atoms with van der Waals surface area (Å²) in [5.41, 5.74) is 4.49. The molecule has 0 N–H and O–H groups in total. The van der Waals surface area contributed by atoms with Gasteiger partial charge in [-0.2, -0.15) is 5.10 Å². The first-order valence-electron chi connectivity index (χ1n) is 9.46. The maximum absolute atomic E-state index is 12.9. The summed E-state index contributed by atoms with van der Waals surface area (Å²) in [5.74, 6) is 0.666. The van der Waals surface area contributed by atoms with E-state index >= 15 is 0 Å². The third-order valence-electron chi connectivity index (χ3n) is 7.27. The van der Waals surface area contributed by atoms with Crippen LogP contribution in [0.4, 0.5) is 0 Å². The van der Waals surface area contributed by atoms with Gasteiger partial charge < -0.3 is 0 Å². The van der Waals surface area contributed by atoms with Gasteiger partial charge in [-0.05, 0) is 36.7 Å². The molecule has 5 heteroatoms. The van der Waals surface area contributed by atoms with Gasteiger partial charge in [-0.15, -0.1) is 5.10 Å². The minimum absolute atomic E-state index is 0.0709. The molecule has 1 aromatic heterocycles. The van der Waals surface area contributed by atoms with Crippen molar-refractivity contribution in [2.24, 2.45) is 5.41 Å². The van der Waals surface area contributed by atoms with E-state index in [1.165, 1.54) is 18.2 Å². The largest absolute Gasteiger partial charge is 0.293 e. The summed E-state index contributed by atoms with van der Waals surface area (Å²) >= 11 is 1.49. The highest BCUT2D eigenvalue weighted by atomic mass is 32.2. The predicted octanol–water partition coefficient (Wildman–Crippen LogP) is 4.34. The molecule has 2 aromatic rings. The molecule has 0 saturated heterocycles. The zero-order chi connectivity index (χ0) is 18.1. The second-order valence-corrected chi connectivity index (χ2v) is 9.81. The maximum atomic E-state index is 12.9. The standard InChI is InChI=1S/C21H23N3OS/c1-20(2)14-10-11-21(20,3)18-16(14)23-24-19(22-18)26-15-9-8-12-6-4-5-7-13(12)17(15)25/h4-7,14-15H,8-11H2,1-3H3/t14-,15-,21-/m1/s1. The molecule has 26 heavy (non-hydrogen) atoms. The molecular formula is C21H23N3OS. The van der Waals surface area contributed by atoms with E-state index in [1.54, 1.807) is 0 Å². The van der Waals surface area contributed by atoms with Crippen LogP contribution in [-0.2, 0) is 11.8 Å². The Balaban J connectivity index is 1.45. The Morgan fingerprint density at radius 3 is 2.77 bits per heavy atom. The number of aromatic nitrogens is 3. The Labute approximate surface area is 158 Å². The smallest absolute Gasteiger partial charge is 0.210 e. The molecule has 134 valence electrons. The van der Waals surface area contributed by atoms with Crippen LogP contribution in [0.2, 0.25) is 0 Å². The number of carbonyl (C=O) groups is 1. The van der Waals surface area contributed by atoms with Crippen molar-refractivity contribution in [3.05, 3.63) is 46.8 Å². The summed E-state index contributed by atoms with van der Waals surface area (Å²) in [6, 6.07) is 7.94. The van der Waals surface area contributed by atoms with Crippen LogP contribution in [-0.4, -0.2) is 26.2 Å². The number of rotatable bonds is 2. The predicted molar refractivity (Wildman–Crippen MR) is 102 cm³/mol. The van der Waals surface area contributed by atoms with Crippen LogP contribution in [0.15, 0.2) is 29.4 Å². The third kappa shape index (κ3) is 2.04. The number of aryl methyl sites for hydroxylation is 1. The highest BCUT2D eigenvalue weighted by Gasteiger charge is 2.61. The van der Waals surface area contributed by atoms with Gasteiger partial charge in [-0.25, -0.2) is 4.98 Å². The maximum Gasteiger partial charge on any atom is 0.210 e. The van der Waals surface area contributed by atoms with Crippen molar-refractivity contribution in [3.8, 4) is 0 Å². The number of nitrogens with zero attached hydrogens (tertiary/aromatic N) is 3. The molecule has 3 aliphatic carbocycles. The van der Waals surface area contributed by atoms with Crippen molar-refractivity contribution >= 4 is 17.5 Å². The van der Waals surface area contributed by atoms with Crippen molar-refractivity contribution < 1.29 is 4.79 Å². The van der Waals surface area contributed by atoms with Gasteiger partial charge in [-0.1, -0.05) is 56.8 Å². The van der Waals surface area contributed by atoms with Crippen LogP contribution in [0.25, 0.3) is 0 Å². The number of thioether (sulfide) groups is 1. The average Bonchev–Trinajstić information content (AvgIpc) is 2.97. The lowest BCUT2D eigenvalue weighted by Gasteiger charge is -2.34. The zero-order valence-corrected chi connectivity index (χ0v) is 16.3. The molecule has 0 amide bonds. The summed E-state index contributed by atoms with van der Waals surface area (Å²) in [7, 11) is 0. The highest BCUT2D eigenvalue weighted by Crippen LogP contribution is 2.66. The topological polar surface area (TPSA) is 55.7 Å². The number of Topliss-reactive ketones (excluding diaryl/α,β-unsaturated/α-hetero) is 1. The molecule has 1 aromatic carbocycles. The quantitative estimate of drug-likeness (QED) is 0.792. The number of hydrogen-bond donors (Lipinski definition) is 0. The van der Waals surface area contributed by atoms with E-state index in [4.69, 9.17) is 4.98 Å². The first-order valence-corrected chi connectivity index (χ1v) is 10.3. The zero-order valence-electron chi connectivity index (χ0n) is 15.5. The molecular weight excluding hydrogens is 342 g/mol. The second kappa shape index (κ2) is 5.38. The highest BCUT2D eigenvalue weighted by molar-refractivity contribution is 8.00. The van der Waals surface area contributed by atoms with Gasteiger partial charge in [0.2, 0.25) is 5.16 Å². The molecule has 0 radical (unpaired) electrons. The Morgan fingerprint density at radius 1 is 1.12 bits per heavy atom. The van der Waals surface area contributed by atoms with E-state index in [-0.39, 0.29) is 21.9 Å². The van der Waals surface area contributed by atoms with E-state index in [0.29, 0.717) is 11.1 Å². The minimum atomic E-state index is -0.107. The van der Waals surface area contributed by atoms with Crippen molar-refractivity contribution in [3.63, 3.8) is 0 Å². The fourth-order valence-corrected chi connectivity index (χ4v) is 6.18. The van der Waals surface area contributed by atoms with Crippen LogP contribution >= 0.6 is 11.8 Å². The van der Waals surface area contributed by atoms with Gasteiger partial charge in [0.25, 0.3) is 0 Å². The molecule has 0 unspecified atom stereocenters. The Kier molecular flexibility index (Phi) is 3.40. The van der Waals surface area contributed by atoms with Crippen molar-refractivity contribution in [2.45, 2.75) is 68.2 Å². The lowest BCUT2D eigenvalue weighted by Crippen LogP contribution is -2.32. The van der Waals surface area contributed by atoms with Crippen molar-refractivity contribution in [2.75, 3.05) is 0 Å². The number of hydrogen-bond acceptors (Lipinski definition) is 5. The molecule has 1 fully saturated rings. The van der Waals surface area contributed by atoms with E-state index < -0.39 is 0 Å². The Morgan fingerprint density at radius 2 is 1.92 bits per heavy atom. The molecule has 2 bridgehead atoms. The van der Waals surface area contributed by atoms with Gasteiger partial charge in [0.05, 0.1) is 16.6 Å². The van der Waals surface area contributed by atoms with Crippen molar-refractivity contribution in [1.29, 1.82) is 0 Å². The Bertz CT molecular complexity index is 925. The van der Waals surface area contributed by atoms with Crippen LogP contribution in [0.1, 0.15) is 73.3 Å². The Hall–Kier alpha value is -1.75. The van der Waals surface area contributed by atoms with Crippen molar-refractivity contribution in [1.82, 2.24) is 15.2 Å². The lowest BCUT2D eigenvalue weighted by atomic mass is 9.70. The summed E-state index contributed by atoms with van der Waals surface area (Å²) in [4.78, 5) is 17.8. The van der Waals surface area contributed by atoms with E-state index in [2.05, 4.69) is 37.0 Å². The first kappa shape index (κ1) is 16.4. The van der Waals surface area contributed by atoms with Gasteiger partial charge in [0.1, 0.15) is 0 Å². The van der Waals surface area contributed by atoms with Gasteiger partial charge in [0.15, 0.2) is 5.78 Å². The number of benzene rings is 1. The first-order chi connectivity index (χ1) is 12.4. The summed E-state index contributed by atoms with van der Waals surface area (Å²) in [5, 5.41) is 9.52. The van der Waals surface area contributed by atoms with Crippen LogP contribution in [0.3, 0.4) is 0 Å². The average molecular weight is 366 g/mol. The molecule has 4 nitrogen and oxygen atoms in total. The summed E-state index contributed by atoms with van der Waals surface area (Å²) < 4.78 is 0. The SMILES string of the molecule is CC1(C)[C@@H]2CC[C@]1(C)c1nc(S[C@@H]3CCc4ccccc4C3=O)nnc12. The van der Waals surface area contributed by atoms with Gasteiger partial charge in [-0.3, -0.25) is 4.79 Å². The van der Waals surface area contributed by atoms with Gasteiger partial charge >= 0.3 is 0 Å². The molecule has 5 rings (SSSR count). The van der Waals surface area contributed by atoms with Crippen LogP contribution in [0.5, 0.6) is 0 Å². The molecule has 3 atom stereocenters. The minimum Gasteiger partial charge on any atom is -0.293 e. The number of carbonyl (C=O) groups excluding carboxylic acids is 1. The second-order valence-electron chi connectivity index (χ2n) is 8.64. The van der Waals surface area contributed by atoms with E-state index in [0.717, 1.165) is 41.8 Å². The molecule has 0 spiro atoms. The summed E-state index contributed by atoms with van der Waals surface area (Å²) in [6.07, 6.45) is 4.12. The molecule has 1 heterocycles. The fourth-order valence-electron chi connectivity index (χ4n) is 5.22. The lowest BCUT2D eigenvalue weighted by molar-refractivity contribution is 0.0979. The van der Waals surface area contributed by atoms with Crippen LogP contribution < -0.4 is 0 Å². The normalized spacial score (nSPS) is 31.0. The van der Waals surface area contributed by atoms with Gasteiger partial charge in [0, 0.05) is 16.9 Å². The third-order valence-corrected chi connectivity index (χ3v) is 8.39. The molecule has 1 saturated carbocycles. The summed E-state index contributed by atoms with van der Waals surface area (Å²) in [6.45, 7) is 6.99. The van der Waals surface area contributed by atoms with E-state index in [9.17, 15) is 4.79 Å². The fraction of sp³-hybridized carbons (Fsp3) is 0.524. The van der Waals surface area contributed by atoms with E-state index in [1.807, 2.05) is 18.2 Å². The monoisotopic (exact) mass is 365 g/mol. The van der Waals surface area contributed by atoms with Crippen LogP contribution in [0, 0.1) is 5.41 Å².